The fraction of sp³-hybridized carbons (Fsp3) is 0.160. The number of hydrogen-bond donors (Lipinski definition) is 1. The van der Waals surface area contributed by atoms with Gasteiger partial charge in [-0.1, -0.05) is 29.4 Å². The Balaban J connectivity index is 1.68. The summed E-state index contributed by atoms with van der Waals surface area (Å²) in [5.41, 5.74) is 5.06. The molecule has 1 aliphatic heterocycles. The minimum atomic E-state index is -0.955. The smallest absolute Gasteiger partial charge is 0.258 e. The van der Waals surface area contributed by atoms with E-state index in [9.17, 15) is 8.78 Å². The Labute approximate surface area is 204 Å². The van der Waals surface area contributed by atoms with Crippen LogP contribution < -0.4 is 10.2 Å². The molecule has 1 atom stereocenters. The maximum atomic E-state index is 14.1. The van der Waals surface area contributed by atoms with Crippen molar-refractivity contribution in [3.8, 4) is 10.7 Å². The zero-order valence-corrected chi connectivity index (χ0v) is 20.2. The summed E-state index contributed by atoms with van der Waals surface area (Å²) < 4.78 is 33.4. The van der Waals surface area contributed by atoms with Gasteiger partial charge in [-0.05, 0) is 73.3 Å². The molecule has 0 spiro atoms. The Morgan fingerprint density at radius 3 is 2.56 bits per heavy atom. The van der Waals surface area contributed by atoms with Gasteiger partial charge in [0, 0.05) is 11.8 Å². The van der Waals surface area contributed by atoms with E-state index in [1.165, 1.54) is 23.0 Å². The van der Waals surface area contributed by atoms with Crippen molar-refractivity contribution in [3.63, 3.8) is 0 Å². The molecule has 2 aromatic carbocycles. The Morgan fingerprint density at radius 1 is 1.03 bits per heavy atom. The number of halogens is 2. The monoisotopic (exact) mass is 494 g/mol. The molecule has 0 saturated heterocycles. The molecule has 4 aromatic rings. The molecule has 0 aliphatic carbocycles. The van der Waals surface area contributed by atoms with Crippen LogP contribution in [0.3, 0.4) is 0 Å². The number of benzene rings is 2. The van der Waals surface area contributed by atoms with E-state index >= 15 is 0 Å². The standard InChI is InChI=1S/C25H20F2N4OS2/c1-13-6-7-16(11-14(13)2)22-21(24-29-23(30-32-24)20-5-4-10-34-20)15(3)31(25(33)28-22)17-8-9-18(26)19(27)12-17/h4-12,22H,1-3H3,(H,28,33). The lowest BCUT2D eigenvalue weighted by Crippen LogP contribution is -2.46. The van der Waals surface area contributed by atoms with Gasteiger partial charge in [-0.25, -0.2) is 8.78 Å². The maximum Gasteiger partial charge on any atom is 0.258 e. The van der Waals surface area contributed by atoms with Gasteiger partial charge in [0.25, 0.3) is 5.89 Å². The summed E-state index contributed by atoms with van der Waals surface area (Å²) >= 11 is 7.18. The number of aromatic nitrogens is 2. The highest BCUT2D eigenvalue weighted by Crippen LogP contribution is 2.40. The van der Waals surface area contributed by atoms with E-state index in [0.717, 1.165) is 28.1 Å². The molecule has 0 amide bonds. The molecule has 1 unspecified atom stereocenters. The van der Waals surface area contributed by atoms with Crippen molar-refractivity contribution >= 4 is 39.9 Å². The SMILES string of the molecule is CC1=C(c2nc(-c3cccs3)no2)C(c2ccc(C)c(C)c2)NC(=S)N1c1ccc(F)c(F)c1. The number of thiocarbonyl (C=S) groups is 1. The van der Waals surface area contributed by atoms with Gasteiger partial charge < -0.3 is 9.84 Å². The predicted octanol–water partition coefficient (Wildman–Crippen LogP) is 6.56. The van der Waals surface area contributed by atoms with Crippen LogP contribution in [0.25, 0.3) is 16.3 Å². The highest BCUT2D eigenvalue weighted by molar-refractivity contribution is 7.80. The van der Waals surface area contributed by atoms with Crippen LogP contribution >= 0.6 is 23.6 Å². The van der Waals surface area contributed by atoms with E-state index in [-0.39, 0.29) is 6.04 Å². The minimum Gasteiger partial charge on any atom is -0.351 e. The topological polar surface area (TPSA) is 54.2 Å². The second-order valence-electron chi connectivity index (χ2n) is 8.06. The first-order chi connectivity index (χ1) is 16.3. The van der Waals surface area contributed by atoms with Crippen molar-refractivity contribution in [1.82, 2.24) is 15.5 Å². The van der Waals surface area contributed by atoms with Crippen LogP contribution in [0.2, 0.25) is 0 Å². The molecule has 0 radical (unpaired) electrons. The fourth-order valence-corrected chi connectivity index (χ4v) is 5.00. The lowest BCUT2D eigenvalue weighted by molar-refractivity contribution is 0.404. The number of nitrogens with one attached hydrogen (secondary N) is 1. The third-order valence-corrected chi connectivity index (χ3v) is 7.07. The Kier molecular flexibility index (Phi) is 5.75. The quantitative estimate of drug-likeness (QED) is 0.324. The van der Waals surface area contributed by atoms with Gasteiger partial charge in [0.2, 0.25) is 5.82 Å². The molecule has 0 saturated carbocycles. The second-order valence-corrected chi connectivity index (χ2v) is 9.39. The Morgan fingerprint density at radius 2 is 1.85 bits per heavy atom. The van der Waals surface area contributed by atoms with Crippen LogP contribution in [0.1, 0.15) is 35.5 Å². The average Bonchev–Trinajstić information content (AvgIpc) is 3.50. The van der Waals surface area contributed by atoms with Crippen molar-refractivity contribution in [2.75, 3.05) is 4.90 Å². The summed E-state index contributed by atoms with van der Waals surface area (Å²) in [6.07, 6.45) is 0. The number of aryl methyl sites for hydroxylation is 2. The molecule has 1 N–H and O–H groups in total. The van der Waals surface area contributed by atoms with Gasteiger partial charge >= 0.3 is 0 Å². The third kappa shape index (κ3) is 3.91. The van der Waals surface area contributed by atoms with Gasteiger partial charge in [-0.2, -0.15) is 4.98 Å². The van der Waals surface area contributed by atoms with Crippen LogP contribution in [0.5, 0.6) is 0 Å². The van der Waals surface area contributed by atoms with Gasteiger partial charge in [-0.15, -0.1) is 11.3 Å². The molecule has 1 aliphatic rings. The van der Waals surface area contributed by atoms with Gasteiger partial charge in [-0.3, -0.25) is 4.90 Å². The number of anilines is 1. The van der Waals surface area contributed by atoms with Gasteiger partial charge in [0.1, 0.15) is 0 Å². The van der Waals surface area contributed by atoms with Crippen molar-refractivity contribution in [2.45, 2.75) is 26.8 Å². The van der Waals surface area contributed by atoms with Crippen molar-refractivity contribution in [1.29, 1.82) is 0 Å². The van der Waals surface area contributed by atoms with E-state index in [1.54, 1.807) is 4.90 Å². The summed E-state index contributed by atoms with van der Waals surface area (Å²) in [7, 11) is 0. The van der Waals surface area contributed by atoms with Gasteiger partial charge in [0.15, 0.2) is 16.7 Å². The molecule has 34 heavy (non-hydrogen) atoms. The molecule has 0 bridgehead atoms. The van der Waals surface area contributed by atoms with Crippen LogP contribution in [0.15, 0.2) is 64.1 Å². The summed E-state index contributed by atoms with van der Waals surface area (Å²) in [6.45, 7) is 5.95. The first-order valence-electron chi connectivity index (χ1n) is 10.5. The number of allylic oxidation sites excluding steroid dienone is 1. The molecule has 0 fully saturated rings. The van der Waals surface area contributed by atoms with Crippen LogP contribution in [0, 0.1) is 25.5 Å². The van der Waals surface area contributed by atoms with Crippen molar-refractivity contribution < 1.29 is 13.3 Å². The summed E-state index contributed by atoms with van der Waals surface area (Å²) in [5.74, 6) is -1.07. The third-order valence-electron chi connectivity index (χ3n) is 5.91. The molecule has 9 heteroatoms. The van der Waals surface area contributed by atoms with Crippen molar-refractivity contribution in [2.24, 2.45) is 0 Å². The normalized spacial score (nSPS) is 16.2. The summed E-state index contributed by atoms with van der Waals surface area (Å²) in [6, 6.07) is 13.3. The largest absolute Gasteiger partial charge is 0.351 e. The molecule has 5 rings (SSSR count). The predicted molar refractivity (Wildman–Crippen MR) is 133 cm³/mol. The molecule has 2 aromatic heterocycles. The lowest BCUT2D eigenvalue weighted by atomic mass is 9.92. The molecule has 172 valence electrons. The first kappa shape index (κ1) is 22.4. The highest BCUT2D eigenvalue weighted by Gasteiger charge is 2.35. The Hall–Kier alpha value is -3.43. The number of hydrogen-bond acceptors (Lipinski definition) is 5. The zero-order valence-electron chi connectivity index (χ0n) is 18.6. The van der Waals surface area contributed by atoms with E-state index < -0.39 is 11.6 Å². The van der Waals surface area contributed by atoms with E-state index in [2.05, 4.69) is 34.5 Å². The summed E-state index contributed by atoms with van der Waals surface area (Å²) in [5, 5.41) is 9.81. The fourth-order valence-electron chi connectivity index (χ4n) is 3.99. The van der Waals surface area contributed by atoms with Gasteiger partial charge in [0.05, 0.1) is 22.2 Å². The highest BCUT2D eigenvalue weighted by atomic mass is 32.1. The summed E-state index contributed by atoms with van der Waals surface area (Å²) in [4.78, 5) is 7.19. The maximum absolute atomic E-state index is 14.1. The van der Waals surface area contributed by atoms with Crippen LogP contribution in [-0.4, -0.2) is 15.3 Å². The van der Waals surface area contributed by atoms with E-state index in [1.807, 2.05) is 37.4 Å². The number of thiophene rings is 1. The number of nitrogens with zero attached hydrogens (tertiary/aromatic N) is 3. The van der Waals surface area contributed by atoms with E-state index in [4.69, 9.17) is 16.7 Å². The van der Waals surface area contributed by atoms with E-state index in [0.29, 0.717) is 33.8 Å². The molecular weight excluding hydrogens is 474 g/mol. The Bertz CT molecular complexity index is 1430. The molecule has 3 heterocycles. The minimum absolute atomic E-state index is 0.326. The molecule has 5 nitrogen and oxygen atoms in total. The second kappa shape index (κ2) is 8.73. The molecular formula is C25H20F2N4OS2. The van der Waals surface area contributed by atoms with Crippen molar-refractivity contribution in [3.05, 3.63) is 93.8 Å². The lowest BCUT2D eigenvalue weighted by Gasteiger charge is -2.37. The van der Waals surface area contributed by atoms with Crippen LogP contribution in [0.4, 0.5) is 14.5 Å². The first-order valence-corrected chi connectivity index (χ1v) is 11.8. The number of rotatable bonds is 4. The zero-order chi connectivity index (χ0) is 24.0. The average molecular weight is 495 g/mol. The van der Waals surface area contributed by atoms with Crippen LogP contribution in [-0.2, 0) is 0 Å².